The van der Waals surface area contributed by atoms with Crippen molar-refractivity contribution in [3.63, 3.8) is 0 Å². The van der Waals surface area contributed by atoms with Gasteiger partial charge >= 0.3 is 0 Å². The van der Waals surface area contributed by atoms with Gasteiger partial charge in [-0.2, -0.15) is 0 Å². The second-order valence-corrected chi connectivity index (χ2v) is 6.00. The average Bonchev–Trinajstić information content (AvgIpc) is 2.27. The first kappa shape index (κ1) is 9.83. The summed E-state index contributed by atoms with van der Waals surface area (Å²) < 4.78 is 0. The molecule has 0 aliphatic heterocycles. The van der Waals surface area contributed by atoms with Crippen LogP contribution in [0.5, 0.6) is 0 Å². The summed E-state index contributed by atoms with van der Waals surface area (Å²) in [6.07, 6.45) is 7.54. The van der Waals surface area contributed by atoms with E-state index < -0.39 is 5.60 Å². The number of rotatable bonds is 0. The van der Waals surface area contributed by atoms with Gasteiger partial charge in [0.05, 0.1) is 0 Å². The van der Waals surface area contributed by atoms with Gasteiger partial charge in [0.1, 0.15) is 5.60 Å². The maximum atomic E-state index is 11.7. The molecule has 0 aromatic heterocycles. The van der Waals surface area contributed by atoms with E-state index in [0.717, 1.165) is 24.7 Å². The molecule has 3 aliphatic rings. The molecule has 15 heavy (non-hydrogen) atoms. The molecule has 5 unspecified atom stereocenters. The van der Waals surface area contributed by atoms with Crippen molar-refractivity contribution in [1.29, 1.82) is 0 Å². The molecule has 0 aromatic carbocycles. The van der Waals surface area contributed by atoms with E-state index in [2.05, 4.69) is 0 Å². The number of ketones is 1. The van der Waals surface area contributed by atoms with Gasteiger partial charge in [0.2, 0.25) is 0 Å². The maximum absolute atomic E-state index is 11.7. The lowest BCUT2D eigenvalue weighted by Gasteiger charge is -2.55. The van der Waals surface area contributed by atoms with E-state index >= 15 is 0 Å². The van der Waals surface area contributed by atoms with Crippen molar-refractivity contribution >= 4 is 5.78 Å². The first-order valence-corrected chi connectivity index (χ1v) is 6.37. The predicted octanol–water partition coefficient (Wildman–Crippen LogP) is 2.15. The van der Waals surface area contributed by atoms with E-state index in [0.29, 0.717) is 0 Å². The Kier molecular flexibility index (Phi) is 2.01. The Morgan fingerprint density at radius 3 is 2.47 bits per heavy atom. The van der Waals surface area contributed by atoms with Crippen molar-refractivity contribution in [1.82, 2.24) is 0 Å². The van der Waals surface area contributed by atoms with Gasteiger partial charge in [-0.3, -0.25) is 4.79 Å². The number of carbonyl (C=O) groups is 1. The summed E-state index contributed by atoms with van der Waals surface area (Å²) in [6, 6.07) is 0. The van der Waals surface area contributed by atoms with Crippen LogP contribution in [0.4, 0.5) is 0 Å². The summed E-state index contributed by atoms with van der Waals surface area (Å²) in [5, 5.41) is 10.0. The second-order valence-electron chi connectivity index (χ2n) is 6.00. The van der Waals surface area contributed by atoms with Crippen LogP contribution >= 0.6 is 0 Å². The van der Waals surface area contributed by atoms with Crippen LogP contribution < -0.4 is 0 Å². The summed E-state index contributed by atoms with van der Waals surface area (Å²) >= 11 is 0. The lowest BCUT2D eigenvalue weighted by molar-refractivity contribution is -0.184. The molecule has 84 valence electrons. The van der Waals surface area contributed by atoms with Gasteiger partial charge < -0.3 is 5.11 Å². The summed E-state index contributed by atoms with van der Waals surface area (Å²) in [5.74, 6) is 2.21. The second kappa shape index (κ2) is 3.07. The van der Waals surface area contributed by atoms with Crippen molar-refractivity contribution in [2.24, 2.45) is 23.7 Å². The number of Topliss-reactive ketones (excluding diaryl/α,β-unsaturated/α-hetero) is 1. The zero-order chi connectivity index (χ0) is 10.6. The Morgan fingerprint density at radius 2 is 1.80 bits per heavy atom. The smallest absolute Gasteiger partial charge is 0.167 e. The summed E-state index contributed by atoms with van der Waals surface area (Å²) in [6.45, 7) is 1.72. The quantitative estimate of drug-likeness (QED) is 0.662. The van der Waals surface area contributed by atoms with Gasteiger partial charge in [0, 0.05) is 11.8 Å². The Balaban J connectivity index is 1.78. The van der Waals surface area contributed by atoms with Crippen molar-refractivity contribution in [2.75, 3.05) is 0 Å². The summed E-state index contributed by atoms with van der Waals surface area (Å²) in [7, 11) is 0. The fourth-order valence-electron chi connectivity index (χ4n) is 4.26. The highest BCUT2D eigenvalue weighted by atomic mass is 16.3. The zero-order valence-electron chi connectivity index (χ0n) is 9.41. The first-order chi connectivity index (χ1) is 7.10. The minimum atomic E-state index is -0.979. The van der Waals surface area contributed by atoms with Crippen LogP contribution in [0.25, 0.3) is 0 Å². The van der Waals surface area contributed by atoms with E-state index in [-0.39, 0.29) is 17.6 Å². The minimum absolute atomic E-state index is 0.122. The third-order valence-corrected chi connectivity index (χ3v) is 5.22. The SMILES string of the molecule is CC1(O)C(=O)C2CC3CCCCC3CC21. The standard InChI is InChI=1S/C13H20O2/c1-13(15)11-7-9-5-3-2-4-8(9)6-10(11)12(13)14/h8-11,15H,2-7H2,1H3. The number of hydrogen-bond acceptors (Lipinski definition) is 2. The highest BCUT2D eigenvalue weighted by Gasteiger charge is 2.60. The molecule has 3 saturated carbocycles. The van der Waals surface area contributed by atoms with E-state index in [1.807, 2.05) is 0 Å². The van der Waals surface area contributed by atoms with Gasteiger partial charge in [-0.25, -0.2) is 0 Å². The fraction of sp³-hybridized carbons (Fsp3) is 0.923. The molecule has 3 fully saturated rings. The third-order valence-electron chi connectivity index (χ3n) is 5.22. The molecule has 2 heteroatoms. The van der Waals surface area contributed by atoms with Crippen LogP contribution in [0.3, 0.4) is 0 Å². The fourth-order valence-corrected chi connectivity index (χ4v) is 4.26. The molecule has 1 N–H and O–H groups in total. The van der Waals surface area contributed by atoms with Crippen LogP contribution in [0.2, 0.25) is 0 Å². The van der Waals surface area contributed by atoms with Gasteiger partial charge in [0.15, 0.2) is 5.78 Å². The lowest BCUT2D eigenvalue weighted by Crippen LogP contribution is -2.64. The zero-order valence-corrected chi connectivity index (χ0v) is 9.41. The van der Waals surface area contributed by atoms with Crippen LogP contribution in [-0.4, -0.2) is 16.5 Å². The molecule has 0 heterocycles. The number of carbonyl (C=O) groups excluding carboxylic acids is 1. The molecule has 0 amide bonds. The number of hydrogen-bond donors (Lipinski definition) is 1. The van der Waals surface area contributed by atoms with Crippen molar-refractivity contribution in [3.05, 3.63) is 0 Å². The van der Waals surface area contributed by atoms with Crippen molar-refractivity contribution < 1.29 is 9.90 Å². The molecule has 0 saturated heterocycles. The highest BCUT2D eigenvalue weighted by Crippen LogP contribution is 2.55. The summed E-state index contributed by atoms with van der Waals surface area (Å²) in [5.41, 5.74) is -0.979. The molecule has 5 atom stereocenters. The molecular formula is C13H20O2. The number of aliphatic hydroxyl groups is 1. The van der Waals surface area contributed by atoms with Crippen LogP contribution in [0.1, 0.15) is 45.4 Å². The molecule has 0 bridgehead atoms. The highest BCUT2D eigenvalue weighted by molar-refractivity contribution is 5.96. The normalized spacial score (nSPS) is 54.1. The van der Waals surface area contributed by atoms with Gasteiger partial charge in [0.25, 0.3) is 0 Å². The Morgan fingerprint density at radius 1 is 1.20 bits per heavy atom. The molecular weight excluding hydrogens is 188 g/mol. The van der Waals surface area contributed by atoms with Crippen LogP contribution in [0, 0.1) is 23.7 Å². The van der Waals surface area contributed by atoms with E-state index in [1.54, 1.807) is 6.92 Å². The Hall–Kier alpha value is -0.370. The number of fused-ring (bicyclic) bond motifs is 2. The molecule has 0 spiro atoms. The van der Waals surface area contributed by atoms with Crippen molar-refractivity contribution in [2.45, 2.75) is 51.0 Å². The van der Waals surface area contributed by atoms with Crippen molar-refractivity contribution in [3.8, 4) is 0 Å². The lowest BCUT2D eigenvalue weighted by atomic mass is 9.50. The molecule has 3 rings (SSSR count). The van der Waals surface area contributed by atoms with E-state index in [4.69, 9.17) is 0 Å². The Bertz CT molecular complexity index is 295. The maximum Gasteiger partial charge on any atom is 0.167 e. The van der Waals surface area contributed by atoms with Crippen LogP contribution in [-0.2, 0) is 4.79 Å². The predicted molar refractivity (Wildman–Crippen MR) is 57.3 cm³/mol. The third kappa shape index (κ3) is 1.24. The molecule has 0 radical (unpaired) electrons. The summed E-state index contributed by atoms with van der Waals surface area (Å²) in [4.78, 5) is 11.7. The average molecular weight is 208 g/mol. The van der Waals surface area contributed by atoms with Crippen LogP contribution in [0.15, 0.2) is 0 Å². The molecule has 3 aliphatic carbocycles. The van der Waals surface area contributed by atoms with E-state index in [1.165, 1.54) is 25.7 Å². The van der Waals surface area contributed by atoms with Gasteiger partial charge in [-0.15, -0.1) is 0 Å². The first-order valence-electron chi connectivity index (χ1n) is 6.37. The largest absolute Gasteiger partial charge is 0.382 e. The Labute approximate surface area is 91.1 Å². The van der Waals surface area contributed by atoms with E-state index in [9.17, 15) is 9.90 Å². The van der Waals surface area contributed by atoms with Gasteiger partial charge in [-0.1, -0.05) is 25.7 Å². The molecule has 2 nitrogen and oxygen atoms in total. The topological polar surface area (TPSA) is 37.3 Å². The molecule has 0 aromatic rings. The minimum Gasteiger partial charge on any atom is -0.382 e. The van der Waals surface area contributed by atoms with Gasteiger partial charge in [-0.05, 0) is 31.6 Å². The monoisotopic (exact) mass is 208 g/mol.